The van der Waals surface area contributed by atoms with Crippen molar-refractivity contribution in [1.82, 2.24) is 15.1 Å². The van der Waals surface area contributed by atoms with Crippen molar-refractivity contribution >= 4 is 0 Å². The third-order valence-corrected chi connectivity index (χ3v) is 3.56. The number of nitrogens with zero attached hydrogens (tertiary/aromatic N) is 2. The number of rotatable bonds is 7. The Labute approximate surface area is 120 Å². The molecule has 0 bridgehead atoms. The van der Waals surface area contributed by atoms with E-state index in [-0.39, 0.29) is 5.82 Å². The summed E-state index contributed by atoms with van der Waals surface area (Å²) in [5, 5.41) is 3.36. The molecule has 5 heteroatoms. The van der Waals surface area contributed by atoms with E-state index in [9.17, 15) is 4.39 Å². The lowest BCUT2D eigenvalue weighted by Crippen LogP contribution is -2.46. The van der Waals surface area contributed by atoms with Gasteiger partial charge >= 0.3 is 0 Å². The van der Waals surface area contributed by atoms with Gasteiger partial charge in [-0.15, -0.1) is 0 Å². The van der Waals surface area contributed by atoms with Crippen LogP contribution in [0.4, 0.5) is 4.39 Å². The largest absolute Gasteiger partial charge is 0.492 e. The average Bonchev–Trinajstić information content (AvgIpc) is 2.48. The molecular weight excluding hydrogens is 257 g/mol. The van der Waals surface area contributed by atoms with Crippen molar-refractivity contribution in [2.24, 2.45) is 0 Å². The Hall–Kier alpha value is -1.17. The van der Waals surface area contributed by atoms with Crippen LogP contribution in [0.25, 0.3) is 0 Å². The van der Waals surface area contributed by atoms with Crippen LogP contribution in [0.3, 0.4) is 0 Å². The topological polar surface area (TPSA) is 27.7 Å². The summed E-state index contributed by atoms with van der Waals surface area (Å²) in [5.74, 6) is 0.493. The van der Waals surface area contributed by atoms with Crippen molar-refractivity contribution in [3.05, 3.63) is 30.1 Å². The number of benzene rings is 1. The summed E-state index contributed by atoms with van der Waals surface area (Å²) < 4.78 is 18.3. The van der Waals surface area contributed by atoms with E-state index in [0.717, 1.165) is 51.6 Å². The van der Waals surface area contributed by atoms with Gasteiger partial charge in [-0.2, -0.15) is 0 Å². The first kappa shape index (κ1) is 15.2. The monoisotopic (exact) mass is 281 g/mol. The molecule has 1 heterocycles. The minimum Gasteiger partial charge on any atom is -0.492 e. The second-order valence-corrected chi connectivity index (χ2v) is 5.20. The Morgan fingerprint density at radius 3 is 2.60 bits per heavy atom. The smallest absolute Gasteiger partial charge is 0.123 e. The van der Waals surface area contributed by atoms with Crippen molar-refractivity contribution in [2.75, 3.05) is 59.5 Å². The van der Waals surface area contributed by atoms with Crippen molar-refractivity contribution in [3.63, 3.8) is 0 Å². The molecule has 1 aromatic carbocycles. The molecule has 0 amide bonds. The molecule has 1 aliphatic rings. The van der Waals surface area contributed by atoms with Gasteiger partial charge in [0.15, 0.2) is 0 Å². The summed E-state index contributed by atoms with van der Waals surface area (Å²) in [6.45, 7) is 8.13. The van der Waals surface area contributed by atoms with Gasteiger partial charge in [-0.05, 0) is 31.3 Å². The Morgan fingerprint density at radius 1 is 1.20 bits per heavy atom. The SMILES string of the molecule is CN(CCOc1ccc(F)cc1)CCN1CCNCC1. The van der Waals surface area contributed by atoms with Gasteiger partial charge in [-0.1, -0.05) is 0 Å². The number of halogens is 1. The molecule has 112 valence electrons. The van der Waals surface area contributed by atoms with Crippen LogP contribution in [0.15, 0.2) is 24.3 Å². The molecule has 1 aliphatic heterocycles. The summed E-state index contributed by atoms with van der Waals surface area (Å²) in [7, 11) is 2.11. The van der Waals surface area contributed by atoms with Crippen LogP contribution in [-0.4, -0.2) is 69.3 Å². The zero-order chi connectivity index (χ0) is 14.2. The summed E-state index contributed by atoms with van der Waals surface area (Å²) in [5.41, 5.74) is 0. The lowest BCUT2D eigenvalue weighted by Gasteiger charge is -2.29. The fraction of sp³-hybridized carbons (Fsp3) is 0.600. The third-order valence-electron chi connectivity index (χ3n) is 3.56. The maximum Gasteiger partial charge on any atom is 0.123 e. The number of hydrogen-bond acceptors (Lipinski definition) is 4. The van der Waals surface area contributed by atoms with Crippen LogP contribution in [0.1, 0.15) is 0 Å². The fourth-order valence-electron chi connectivity index (χ4n) is 2.21. The van der Waals surface area contributed by atoms with Gasteiger partial charge in [-0.25, -0.2) is 4.39 Å². The lowest BCUT2D eigenvalue weighted by molar-refractivity contribution is 0.187. The van der Waals surface area contributed by atoms with Gasteiger partial charge in [-0.3, -0.25) is 4.90 Å². The molecule has 2 rings (SSSR count). The molecule has 0 saturated carbocycles. The molecule has 0 aromatic heterocycles. The van der Waals surface area contributed by atoms with Crippen molar-refractivity contribution in [3.8, 4) is 5.75 Å². The molecule has 1 saturated heterocycles. The van der Waals surface area contributed by atoms with Gasteiger partial charge in [0, 0.05) is 45.8 Å². The number of hydrogen-bond donors (Lipinski definition) is 1. The zero-order valence-corrected chi connectivity index (χ0v) is 12.1. The lowest BCUT2D eigenvalue weighted by atomic mass is 10.3. The van der Waals surface area contributed by atoms with Gasteiger partial charge in [0.1, 0.15) is 18.2 Å². The van der Waals surface area contributed by atoms with E-state index in [1.807, 2.05) is 0 Å². The number of piperazine rings is 1. The van der Waals surface area contributed by atoms with E-state index in [1.165, 1.54) is 12.1 Å². The van der Waals surface area contributed by atoms with E-state index >= 15 is 0 Å². The molecule has 0 spiro atoms. The van der Waals surface area contributed by atoms with E-state index in [2.05, 4.69) is 22.2 Å². The zero-order valence-electron chi connectivity index (χ0n) is 12.1. The minimum atomic E-state index is -0.231. The third kappa shape index (κ3) is 5.45. The summed E-state index contributed by atoms with van der Waals surface area (Å²) >= 11 is 0. The highest BCUT2D eigenvalue weighted by atomic mass is 19.1. The molecule has 20 heavy (non-hydrogen) atoms. The predicted molar refractivity (Wildman–Crippen MR) is 78.7 cm³/mol. The quantitative estimate of drug-likeness (QED) is 0.808. The van der Waals surface area contributed by atoms with Gasteiger partial charge in [0.25, 0.3) is 0 Å². The fourth-order valence-corrected chi connectivity index (χ4v) is 2.21. The molecule has 0 atom stereocenters. The number of likely N-dealkylation sites (N-methyl/N-ethyl adjacent to an activating group) is 1. The molecule has 1 fully saturated rings. The van der Waals surface area contributed by atoms with Crippen LogP contribution in [-0.2, 0) is 0 Å². The first-order valence-electron chi connectivity index (χ1n) is 7.24. The van der Waals surface area contributed by atoms with Crippen LogP contribution in [0.5, 0.6) is 5.75 Å². The van der Waals surface area contributed by atoms with Crippen molar-refractivity contribution in [2.45, 2.75) is 0 Å². The standard InChI is InChI=1S/C15H24FN3O/c1-18(10-11-19-8-6-17-7-9-19)12-13-20-15-4-2-14(16)3-5-15/h2-5,17H,6-13H2,1H3. The molecule has 1 aromatic rings. The van der Waals surface area contributed by atoms with Crippen LogP contribution >= 0.6 is 0 Å². The van der Waals surface area contributed by atoms with E-state index in [4.69, 9.17) is 4.74 Å². The predicted octanol–water partition coefficient (Wildman–Crippen LogP) is 1.04. The maximum absolute atomic E-state index is 12.7. The van der Waals surface area contributed by atoms with E-state index in [1.54, 1.807) is 12.1 Å². The van der Waals surface area contributed by atoms with Gasteiger partial charge in [0.2, 0.25) is 0 Å². The maximum atomic E-state index is 12.7. The molecule has 0 unspecified atom stereocenters. The summed E-state index contributed by atoms with van der Waals surface area (Å²) in [6.07, 6.45) is 0. The molecule has 0 aliphatic carbocycles. The van der Waals surface area contributed by atoms with Crippen molar-refractivity contribution < 1.29 is 9.13 Å². The van der Waals surface area contributed by atoms with E-state index < -0.39 is 0 Å². The van der Waals surface area contributed by atoms with Crippen LogP contribution in [0.2, 0.25) is 0 Å². The van der Waals surface area contributed by atoms with Gasteiger partial charge in [0.05, 0.1) is 0 Å². The summed E-state index contributed by atoms with van der Waals surface area (Å²) in [6, 6.07) is 6.17. The highest BCUT2D eigenvalue weighted by molar-refractivity contribution is 5.21. The second kappa shape index (κ2) is 8.19. The molecule has 1 N–H and O–H groups in total. The molecule has 0 radical (unpaired) electrons. The molecule has 4 nitrogen and oxygen atoms in total. The van der Waals surface area contributed by atoms with Crippen LogP contribution in [0, 0.1) is 5.82 Å². The number of ether oxygens (including phenoxy) is 1. The Bertz CT molecular complexity index is 379. The highest BCUT2D eigenvalue weighted by Gasteiger charge is 2.09. The Morgan fingerprint density at radius 2 is 1.90 bits per heavy atom. The number of nitrogens with one attached hydrogen (secondary N) is 1. The Kier molecular flexibility index (Phi) is 6.24. The van der Waals surface area contributed by atoms with Crippen LogP contribution < -0.4 is 10.1 Å². The van der Waals surface area contributed by atoms with Crippen molar-refractivity contribution in [1.29, 1.82) is 0 Å². The second-order valence-electron chi connectivity index (χ2n) is 5.20. The first-order chi connectivity index (χ1) is 9.74. The first-order valence-corrected chi connectivity index (χ1v) is 7.24. The summed E-state index contributed by atoms with van der Waals surface area (Å²) in [4.78, 5) is 4.75. The van der Waals surface area contributed by atoms with E-state index in [0.29, 0.717) is 6.61 Å². The highest BCUT2D eigenvalue weighted by Crippen LogP contribution is 2.10. The minimum absolute atomic E-state index is 0.231. The normalized spacial score (nSPS) is 16.6. The van der Waals surface area contributed by atoms with Gasteiger partial charge < -0.3 is 15.0 Å². The molecular formula is C15H24FN3O. The average molecular weight is 281 g/mol. The Balaban J connectivity index is 1.57.